The maximum absolute atomic E-state index is 11.8. The van der Waals surface area contributed by atoms with E-state index in [1.165, 1.54) is 6.92 Å². The van der Waals surface area contributed by atoms with Gasteiger partial charge >= 0.3 is 0 Å². The summed E-state index contributed by atoms with van der Waals surface area (Å²) in [6, 6.07) is 0. The number of hydrogen-bond acceptors (Lipinski definition) is 6. The number of hydrogen-bond donors (Lipinski definition) is 3. The molecule has 1 saturated heterocycles. The molecule has 2 rings (SSSR count). The molecule has 92 valence electrons. The van der Waals surface area contributed by atoms with Crippen molar-refractivity contribution in [3.63, 3.8) is 0 Å². The van der Waals surface area contributed by atoms with Gasteiger partial charge in [-0.05, 0) is 6.92 Å². The van der Waals surface area contributed by atoms with Gasteiger partial charge in [0.25, 0.3) is 11.8 Å². The molecule has 2 atom stereocenters. The van der Waals surface area contributed by atoms with Crippen molar-refractivity contribution >= 4 is 23.4 Å². The van der Waals surface area contributed by atoms with Crippen LogP contribution in [0.5, 0.6) is 0 Å². The second-order valence-electron chi connectivity index (χ2n) is 3.74. The maximum Gasteiger partial charge on any atom is 0.275 e. The third-order valence-corrected chi connectivity index (χ3v) is 2.44. The van der Waals surface area contributed by atoms with E-state index in [1.807, 2.05) is 0 Å². The van der Waals surface area contributed by atoms with Crippen LogP contribution in [-0.4, -0.2) is 58.9 Å². The van der Waals surface area contributed by atoms with Crippen LogP contribution >= 0.6 is 0 Å². The number of fused-ring (bicyclic) bond motifs is 1. The Balaban J connectivity index is 2.37. The molecule has 8 nitrogen and oxygen atoms in total. The number of nitrogens with zero attached hydrogens (tertiary/aromatic N) is 3. The molecular formula is C9H13N5O3. The lowest BCUT2D eigenvalue weighted by Crippen LogP contribution is -2.68. The second kappa shape index (κ2) is 4.22. The van der Waals surface area contributed by atoms with Gasteiger partial charge in [-0.25, -0.2) is 0 Å². The lowest BCUT2D eigenvalue weighted by Gasteiger charge is -2.36. The molecule has 17 heavy (non-hydrogen) atoms. The molecule has 0 bridgehead atoms. The molecule has 0 radical (unpaired) electrons. The summed E-state index contributed by atoms with van der Waals surface area (Å²) in [4.78, 5) is 32.5. The molecule has 0 spiro atoms. The monoisotopic (exact) mass is 239 g/mol. The van der Waals surface area contributed by atoms with Crippen LogP contribution < -0.4 is 11.1 Å². The molecule has 8 heteroatoms. The maximum atomic E-state index is 11.8. The number of nitrogens with two attached hydrogens (primary N) is 1. The van der Waals surface area contributed by atoms with Gasteiger partial charge in [-0.15, -0.1) is 0 Å². The predicted molar refractivity (Wildman–Crippen MR) is 59.2 cm³/mol. The molecule has 0 aromatic carbocycles. The molecule has 2 heterocycles. The van der Waals surface area contributed by atoms with Crippen LogP contribution in [0, 0.1) is 0 Å². The normalized spacial score (nSPS) is 25.5. The van der Waals surface area contributed by atoms with E-state index in [2.05, 4.69) is 15.3 Å². The largest absolute Gasteiger partial charge is 0.384 e. The summed E-state index contributed by atoms with van der Waals surface area (Å²) in [6.45, 7) is 2.12. The van der Waals surface area contributed by atoms with Gasteiger partial charge in [0.1, 0.15) is 6.10 Å². The van der Waals surface area contributed by atoms with E-state index in [-0.39, 0.29) is 11.5 Å². The van der Waals surface area contributed by atoms with Gasteiger partial charge in [0.05, 0.1) is 13.1 Å². The molecule has 2 aliphatic rings. The Hall–Kier alpha value is -1.80. The summed E-state index contributed by atoms with van der Waals surface area (Å²) < 4.78 is 0. The van der Waals surface area contributed by atoms with Gasteiger partial charge < -0.3 is 10.4 Å². The number of carbonyl (C=O) groups excluding carboxylic acids is 2. The van der Waals surface area contributed by atoms with Gasteiger partial charge in [0.15, 0.2) is 17.8 Å². The fraction of sp³-hybridized carbons (Fsp3) is 0.556. The predicted octanol–water partition coefficient (Wildman–Crippen LogP) is -2.58. The topological polar surface area (TPSA) is 120 Å². The number of nitrogens with one attached hydrogen (secondary N) is 1. The van der Waals surface area contributed by atoms with Crippen molar-refractivity contribution in [3.8, 4) is 0 Å². The van der Waals surface area contributed by atoms with Crippen LogP contribution in [0.25, 0.3) is 0 Å². The Kier molecular flexibility index (Phi) is 2.90. The molecular weight excluding hydrogens is 226 g/mol. The van der Waals surface area contributed by atoms with Crippen LogP contribution in [0.3, 0.4) is 0 Å². The van der Waals surface area contributed by atoms with Crippen molar-refractivity contribution in [1.82, 2.24) is 10.2 Å². The van der Waals surface area contributed by atoms with E-state index in [0.717, 1.165) is 4.90 Å². The average molecular weight is 239 g/mol. The summed E-state index contributed by atoms with van der Waals surface area (Å²) in [5.74, 6) is -0.935. The highest BCUT2D eigenvalue weighted by molar-refractivity contribution is 6.68. The molecule has 1 fully saturated rings. The van der Waals surface area contributed by atoms with Crippen molar-refractivity contribution in [2.24, 2.45) is 15.7 Å². The molecule has 0 saturated carbocycles. The average Bonchev–Trinajstić information content (AvgIpc) is 2.28. The first-order valence-electron chi connectivity index (χ1n) is 5.19. The second-order valence-corrected chi connectivity index (χ2v) is 3.74. The molecule has 2 amide bonds. The van der Waals surface area contributed by atoms with Crippen molar-refractivity contribution < 1.29 is 14.7 Å². The Labute approximate surface area is 97.2 Å². The number of aliphatic imine (C=N–C) groups is 2. The van der Waals surface area contributed by atoms with Gasteiger partial charge in [-0.1, -0.05) is 0 Å². The zero-order valence-corrected chi connectivity index (χ0v) is 9.25. The zero-order chi connectivity index (χ0) is 12.6. The van der Waals surface area contributed by atoms with Crippen molar-refractivity contribution in [1.29, 1.82) is 0 Å². The van der Waals surface area contributed by atoms with Gasteiger partial charge in [-0.2, -0.15) is 0 Å². The standard InChI is InChI=1S/C9H13N5O3/c1-4(15)8(17)14-6-5(11-2-3-12-6)7(16)13-9(14)10/h4,9,15H,2-3,10H2,1H3,(H,13,16). The minimum Gasteiger partial charge on any atom is -0.384 e. The molecule has 0 aromatic rings. The fourth-order valence-corrected chi connectivity index (χ4v) is 1.67. The highest BCUT2D eigenvalue weighted by Gasteiger charge is 2.39. The molecule has 2 aliphatic heterocycles. The fourth-order valence-electron chi connectivity index (χ4n) is 1.67. The van der Waals surface area contributed by atoms with E-state index >= 15 is 0 Å². The highest BCUT2D eigenvalue weighted by Crippen LogP contribution is 2.10. The van der Waals surface area contributed by atoms with Crippen molar-refractivity contribution in [3.05, 3.63) is 0 Å². The summed E-state index contributed by atoms with van der Waals surface area (Å²) in [7, 11) is 0. The SMILES string of the molecule is CC(O)C(=O)N1C2=NCCN=C2C(=O)NC1N. The van der Waals surface area contributed by atoms with Crippen molar-refractivity contribution in [2.75, 3.05) is 13.1 Å². The lowest BCUT2D eigenvalue weighted by molar-refractivity contribution is -0.138. The molecule has 4 N–H and O–H groups in total. The Morgan fingerprint density at radius 3 is 2.88 bits per heavy atom. The quantitative estimate of drug-likeness (QED) is 0.465. The van der Waals surface area contributed by atoms with Crippen LogP contribution in [0.2, 0.25) is 0 Å². The van der Waals surface area contributed by atoms with Gasteiger partial charge in [0, 0.05) is 0 Å². The number of rotatable bonds is 1. The number of aliphatic hydroxyl groups excluding tert-OH is 1. The van der Waals surface area contributed by atoms with Crippen LogP contribution in [0.1, 0.15) is 6.92 Å². The van der Waals surface area contributed by atoms with Crippen LogP contribution in [0.4, 0.5) is 0 Å². The van der Waals surface area contributed by atoms with E-state index < -0.39 is 24.2 Å². The van der Waals surface area contributed by atoms with Gasteiger partial charge in [-0.3, -0.25) is 30.2 Å². The summed E-state index contributed by atoms with van der Waals surface area (Å²) in [5, 5.41) is 11.7. The Bertz CT molecular complexity index is 428. The van der Waals surface area contributed by atoms with Crippen LogP contribution in [-0.2, 0) is 9.59 Å². The highest BCUT2D eigenvalue weighted by atomic mass is 16.3. The smallest absolute Gasteiger partial charge is 0.275 e. The minimum atomic E-state index is -1.22. The number of amidine groups is 1. The van der Waals surface area contributed by atoms with Gasteiger partial charge in [0.2, 0.25) is 0 Å². The summed E-state index contributed by atoms with van der Waals surface area (Å²) in [5.41, 5.74) is 5.73. The lowest BCUT2D eigenvalue weighted by atomic mass is 10.2. The van der Waals surface area contributed by atoms with E-state index in [0.29, 0.717) is 13.1 Å². The first kappa shape index (κ1) is 11.7. The Morgan fingerprint density at radius 1 is 1.59 bits per heavy atom. The van der Waals surface area contributed by atoms with Crippen molar-refractivity contribution in [2.45, 2.75) is 19.3 Å². The van der Waals surface area contributed by atoms with E-state index in [4.69, 9.17) is 5.73 Å². The van der Waals surface area contributed by atoms with E-state index in [1.54, 1.807) is 0 Å². The third kappa shape index (κ3) is 1.92. The van der Waals surface area contributed by atoms with E-state index in [9.17, 15) is 14.7 Å². The summed E-state index contributed by atoms with van der Waals surface area (Å²) in [6.07, 6.45) is -2.25. The minimum absolute atomic E-state index is 0.0898. The Morgan fingerprint density at radius 2 is 2.24 bits per heavy atom. The number of carbonyl (C=O) groups is 2. The third-order valence-electron chi connectivity index (χ3n) is 2.44. The number of aliphatic hydroxyl groups is 1. The molecule has 2 unspecified atom stereocenters. The first-order chi connectivity index (χ1) is 8.02. The summed E-state index contributed by atoms with van der Waals surface area (Å²) >= 11 is 0. The van der Waals surface area contributed by atoms with Crippen LogP contribution in [0.15, 0.2) is 9.98 Å². The first-order valence-corrected chi connectivity index (χ1v) is 5.19. The molecule has 0 aromatic heterocycles. The molecule has 0 aliphatic carbocycles. The zero-order valence-electron chi connectivity index (χ0n) is 9.25. The number of amides is 2.